The minimum atomic E-state index is 0.671. The third-order valence-corrected chi connectivity index (χ3v) is 4.15. The number of halogens is 1. The maximum atomic E-state index is 5.87. The highest BCUT2D eigenvalue weighted by atomic mass is 35.5. The second-order valence-corrected chi connectivity index (χ2v) is 5.60. The Labute approximate surface area is 110 Å². The summed E-state index contributed by atoms with van der Waals surface area (Å²) in [5.41, 5.74) is 1.36. The van der Waals surface area contributed by atoms with Crippen LogP contribution >= 0.6 is 11.6 Å². The van der Waals surface area contributed by atoms with Crippen molar-refractivity contribution in [3.05, 3.63) is 34.9 Å². The van der Waals surface area contributed by atoms with Gasteiger partial charge in [0.1, 0.15) is 0 Å². The van der Waals surface area contributed by atoms with Gasteiger partial charge in [-0.2, -0.15) is 0 Å². The van der Waals surface area contributed by atoms with Crippen LogP contribution in [0.2, 0.25) is 5.02 Å². The second kappa shape index (κ2) is 6.42. The molecule has 0 spiro atoms. The van der Waals surface area contributed by atoms with E-state index >= 15 is 0 Å². The fourth-order valence-corrected chi connectivity index (χ4v) is 2.85. The Balaban J connectivity index is 1.70. The van der Waals surface area contributed by atoms with Gasteiger partial charge < -0.3 is 5.32 Å². The van der Waals surface area contributed by atoms with Gasteiger partial charge in [0.25, 0.3) is 0 Å². The zero-order valence-corrected chi connectivity index (χ0v) is 11.3. The maximum absolute atomic E-state index is 5.87. The minimum absolute atomic E-state index is 0.671. The summed E-state index contributed by atoms with van der Waals surface area (Å²) in [6.45, 7) is 3.40. The molecule has 0 heterocycles. The van der Waals surface area contributed by atoms with Crippen LogP contribution < -0.4 is 5.32 Å². The Morgan fingerprint density at radius 2 is 1.88 bits per heavy atom. The van der Waals surface area contributed by atoms with Crippen LogP contribution in [0.1, 0.15) is 38.2 Å². The van der Waals surface area contributed by atoms with Crippen LogP contribution in [0.5, 0.6) is 0 Å². The van der Waals surface area contributed by atoms with Gasteiger partial charge in [-0.25, -0.2) is 0 Å². The van der Waals surface area contributed by atoms with Crippen molar-refractivity contribution in [1.82, 2.24) is 5.32 Å². The number of nitrogens with one attached hydrogen (secondary N) is 1. The molecular weight excluding hydrogens is 230 g/mol. The number of benzene rings is 1. The standard InChI is InChI=1S/C15H22ClN/c1-12(14-4-2-3-5-14)17-11-10-13-6-8-15(16)9-7-13/h6-9,12,14,17H,2-5,10-11H2,1H3. The fraction of sp³-hybridized carbons (Fsp3) is 0.600. The molecule has 1 unspecified atom stereocenters. The fourth-order valence-electron chi connectivity index (χ4n) is 2.72. The predicted octanol–water partition coefficient (Wildman–Crippen LogP) is 4.05. The Morgan fingerprint density at radius 3 is 2.53 bits per heavy atom. The zero-order chi connectivity index (χ0) is 12.1. The van der Waals surface area contributed by atoms with Crippen LogP contribution in [0.4, 0.5) is 0 Å². The number of rotatable bonds is 5. The van der Waals surface area contributed by atoms with E-state index in [1.165, 1.54) is 31.2 Å². The summed E-state index contributed by atoms with van der Waals surface area (Å²) < 4.78 is 0. The van der Waals surface area contributed by atoms with Gasteiger partial charge in [-0.3, -0.25) is 0 Å². The molecule has 0 bridgehead atoms. The van der Waals surface area contributed by atoms with Crippen molar-refractivity contribution in [3.8, 4) is 0 Å². The minimum Gasteiger partial charge on any atom is -0.314 e. The van der Waals surface area contributed by atoms with Crippen LogP contribution in [-0.4, -0.2) is 12.6 Å². The van der Waals surface area contributed by atoms with Gasteiger partial charge in [0.15, 0.2) is 0 Å². The van der Waals surface area contributed by atoms with E-state index in [1.54, 1.807) is 0 Å². The van der Waals surface area contributed by atoms with Crippen molar-refractivity contribution in [1.29, 1.82) is 0 Å². The van der Waals surface area contributed by atoms with Crippen LogP contribution in [-0.2, 0) is 6.42 Å². The summed E-state index contributed by atoms with van der Waals surface area (Å²) in [6, 6.07) is 8.84. The van der Waals surface area contributed by atoms with E-state index in [2.05, 4.69) is 24.4 Å². The molecular formula is C15H22ClN. The molecule has 1 atom stereocenters. The molecule has 0 amide bonds. The molecule has 2 heteroatoms. The molecule has 1 aromatic rings. The van der Waals surface area contributed by atoms with E-state index in [9.17, 15) is 0 Å². The molecule has 0 aromatic heterocycles. The summed E-state index contributed by atoms with van der Waals surface area (Å²) in [7, 11) is 0. The zero-order valence-electron chi connectivity index (χ0n) is 10.6. The topological polar surface area (TPSA) is 12.0 Å². The molecule has 1 saturated carbocycles. The van der Waals surface area contributed by atoms with Crippen LogP contribution in [0.25, 0.3) is 0 Å². The lowest BCUT2D eigenvalue weighted by Gasteiger charge is -2.20. The average Bonchev–Trinajstić information content (AvgIpc) is 2.85. The molecule has 1 aromatic carbocycles. The summed E-state index contributed by atoms with van der Waals surface area (Å²) in [4.78, 5) is 0. The van der Waals surface area contributed by atoms with Crippen LogP contribution in [0.3, 0.4) is 0 Å². The van der Waals surface area contributed by atoms with Gasteiger partial charge in [0.05, 0.1) is 0 Å². The lowest BCUT2D eigenvalue weighted by Crippen LogP contribution is -2.33. The molecule has 1 aliphatic carbocycles. The van der Waals surface area contributed by atoms with Crippen molar-refractivity contribution < 1.29 is 0 Å². The van der Waals surface area contributed by atoms with Crippen LogP contribution in [0, 0.1) is 5.92 Å². The van der Waals surface area contributed by atoms with Gasteiger partial charge in [-0.05, 0) is 56.3 Å². The van der Waals surface area contributed by atoms with Crippen molar-refractivity contribution in [3.63, 3.8) is 0 Å². The first-order chi connectivity index (χ1) is 8.25. The van der Waals surface area contributed by atoms with E-state index < -0.39 is 0 Å². The first kappa shape index (κ1) is 12.9. The van der Waals surface area contributed by atoms with E-state index in [4.69, 9.17) is 11.6 Å². The smallest absolute Gasteiger partial charge is 0.0406 e. The van der Waals surface area contributed by atoms with Crippen molar-refractivity contribution >= 4 is 11.6 Å². The van der Waals surface area contributed by atoms with Gasteiger partial charge in [0.2, 0.25) is 0 Å². The van der Waals surface area contributed by atoms with Gasteiger partial charge in [-0.15, -0.1) is 0 Å². The monoisotopic (exact) mass is 251 g/mol. The first-order valence-corrected chi connectivity index (χ1v) is 7.11. The van der Waals surface area contributed by atoms with E-state index in [0.717, 1.165) is 23.9 Å². The normalized spacial score (nSPS) is 18.5. The Kier molecular flexibility index (Phi) is 4.87. The highest BCUT2D eigenvalue weighted by molar-refractivity contribution is 6.30. The van der Waals surface area contributed by atoms with Crippen molar-refractivity contribution in [2.24, 2.45) is 5.92 Å². The Morgan fingerprint density at radius 1 is 1.24 bits per heavy atom. The predicted molar refractivity (Wildman–Crippen MR) is 74.6 cm³/mol. The molecule has 0 saturated heterocycles. The molecule has 0 aliphatic heterocycles. The lowest BCUT2D eigenvalue weighted by atomic mass is 9.99. The third kappa shape index (κ3) is 4.01. The number of hydrogen-bond acceptors (Lipinski definition) is 1. The third-order valence-electron chi connectivity index (χ3n) is 3.90. The van der Waals surface area contributed by atoms with Gasteiger partial charge >= 0.3 is 0 Å². The quantitative estimate of drug-likeness (QED) is 0.833. The molecule has 1 aliphatic rings. The highest BCUT2D eigenvalue weighted by Gasteiger charge is 2.20. The largest absolute Gasteiger partial charge is 0.314 e. The summed E-state index contributed by atoms with van der Waals surface area (Å²) in [5, 5.41) is 4.48. The summed E-state index contributed by atoms with van der Waals surface area (Å²) >= 11 is 5.87. The molecule has 1 fully saturated rings. The molecule has 94 valence electrons. The average molecular weight is 252 g/mol. The van der Waals surface area contributed by atoms with Gasteiger partial charge in [0, 0.05) is 11.1 Å². The lowest BCUT2D eigenvalue weighted by molar-refractivity contribution is 0.384. The van der Waals surface area contributed by atoms with Crippen molar-refractivity contribution in [2.45, 2.75) is 45.1 Å². The summed E-state index contributed by atoms with van der Waals surface area (Å²) in [6.07, 6.45) is 6.76. The first-order valence-electron chi connectivity index (χ1n) is 6.73. The second-order valence-electron chi connectivity index (χ2n) is 5.16. The highest BCUT2D eigenvalue weighted by Crippen LogP contribution is 2.27. The molecule has 17 heavy (non-hydrogen) atoms. The maximum Gasteiger partial charge on any atom is 0.0406 e. The summed E-state index contributed by atoms with van der Waals surface area (Å²) in [5.74, 6) is 0.903. The van der Waals surface area contributed by atoms with E-state index in [1.807, 2.05) is 12.1 Å². The molecule has 0 radical (unpaired) electrons. The molecule has 1 N–H and O–H groups in total. The Bertz CT molecular complexity index is 327. The van der Waals surface area contributed by atoms with E-state index in [-0.39, 0.29) is 0 Å². The number of hydrogen-bond donors (Lipinski definition) is 1. The van der Waals surface area contributed by atoms with Gasteiger partial charge in [-0.1, -0.05) is 36.6 Å². The Hall–Kier alpha value is -0.530. The SMILES string of the molecule is CC(NCCc1ccc(Cl)cc1)C1CCCC1. The van der Waals surface area contributed by atoms with Crippen LogP contribution in [0.15, 0.2) is 24.3 Å². The van der Waals surface area contributed by atoms with Crippen molar-refractivity contribution in [2.75, 3.05) is 6.54 Å². The van der Waals surface area contributed by atoms with E-state index in [0.29, 0.717) is 6.04 Å². The molecule has 1 nitrogen and oxygen atoms in total. The molecule has 2 rings (SSSR count).